The summed E-state index contributed by atoms with van der Waals surface area (Å²) < 4.78 is 0.391. The van der Waals surface area contributed by atoms with Crippen molar-refractivity contribution in [2.45, 2.75) is 0 Å². The number of nitro groups is 1. The van der Waals surface area contributed by atoms with Gasteiger partial charge in [0.15, 0.2) is 0 Å². The molecular formula is C15H8BrClN2O3. The molecule has 0 spiro atoms. The number of halogens is 2. The summed E-state index contributed by atoms with van der Waals surface area (Å²) in [6.45, 7) is 0. The molecule has 1 aliphatic rings. The molecular weight excluding hydrogens is 372 g/mol. The van der Waals surface area contributed by atoms with Gasteiger partial charge in [0.1, 0.15) is 0 Å². The molecule has 0 saturated carbocycles. The average Bonchev–Trinajstić information content (AvgIpc) is 2.76. The zero-order chi connectivity index (χ0) is 15.9. The van der Waals surface area contributed by atoms with Crippen LogP contribution in [-0.2, 0) is 4.79 Å². The standard InChI is InChI=1S/C15H8BrClN2O3/c16-12-4-1-8(6-14(12)19(21)22)5-11-10-3-2-9(17)7-13(10)18-15(11)20/h1-7H,(H,18,20)/b11-5+. The van der Waals surface area contributed by atoms with Gasteiger partial charge in [-0.15, -0.1) is 0 Å². The fraction of sp³-hybridized carbons (Fsp3) is 0. The molecule has 1 aliphatic heterocycles. The number of hydrogen-bond donors (Lipinski definition) is 1. The van der Waals surface area contributed by atoms with Crippen molar-refractivity contribution in [1.82, 2.24) is 0 Å². The van der Waals surface area contributed by atoms with Gasteiger partial charge >= 0.3 is 0 Å². The highest BCUT2D eigenvalue weighted by atomic mass is 79.9. The van der Waals surface area contributed by atoms with Gasteiger partial charge in [0.05, 0.1) is 15.1 Å². The van der Waals surface area contributed by atoms with Crippen molar-refractivity contribution in [3.63, 3.8) is 0 Å². The molecule has 0 saturated heterocycles. The van der Waals surface area contributed by atoms with Crippen LogP contribution in [0.1, 0.15) is 11.1 Å². The first-order valence-electron chi connectivity index (χ1n) is 6.22. The van der Waals surface area contributed by atoms with Gasteiger partial charge < -0.3 is 5.32 Å². The lowest BCUT2D eigenvalue weighted by molar-refractivity contribution is -0.385. The average molecular weight is 380 g/mol. The van der Waals surface area contributed by atoms with E-state index in [1.165, 1.54) is 6.07 Å². The zero-order valence-corrected chi connectivity index (χ0v) is 13.3. The Hall–Kier alpha value is -2.18. The van der Waals surface area contributed by atoms with E-state index in [9.17, 15) is 14.9 Å². The topological polar surface area (TPSA) is 72.2 Å². The van der Waals surface area contributed by atoms with E-state index >= 15 is 0 Å². The Morgan fingerprint density at radius 1 is 1.23 bits per heavy atom. The SMILES string of the molecule is O=C1Nc2cc(Cl)ccc2/C1=C\c1ccc(Br)c([N+](=O)[O-])c1. The first kappa shape index (κ1) is 14.7. The van der Waals surface area contributed by atoms with Crippen LogP contribution in [0.15, 0.2) is 40.9 Å². The minimum absolute atomic E-state index is 0.0518. The van der Waals surface area contributed by atoms with Gasteiger partial charge in [-0.05, 0) is 45.8 Å². The van der Waals surface area contributed by atoms with Crippen molar-refractivity contribution in [3.05, 3.63) is 67.1 Å². The second-order valence-electron chi connectivity index (χ2n) is 4.67. The number of hydrogen-bond acceptors (Lipinski definition) is 3. The molecule has 7 heteroatoms. The lowest BCUT2D eigenvalue weighted by Gasteiger charge is -2.01. The molecule has 1 heterocycles. The number of amides is 1. The summed E-state index contributed by atoms with van der Waals surface area (Å²) in [4.78, 5) is 22.6. The van der Waals surface area contributed by atoms with Crippen LogP contribution in [-0.4, -0.2) is 10.8 Å². The number of fused-ring (bicyclic) bond motifs is 1. The van der Waals surface area contributed by atoms with Crippen LogP contribution >= 0.6 is 27.5 Å². The zero-order valence-electron chi connectivity index (χ0n) is 11.0. The predicted molar refractivity (Wildman–Crippen MR) is 88.7 cm³/mol. The molecule has 0 atom stereocenters. The van der Waals surface area contributed by atoms with Gasteiger partial charge in [0.25, 0.3) is 11.6 Å². The monoisotopic (exact) mass is 378 g/mol. The van der Waals surface area contributed by atoms with Crippen molar-refractivity contribution < 1.29 is 9.72 Å². The van der Waals surface area contributed by atoms with E-state index in [-0.39, 0.29) is 11.6 Å². The van der Waals surface area contributed by atoms with E-state index in [2.05, 4.69) is 21.2 Å². The maximum atomic E-state index is 12.1. The molecule has 3 rings (SSSR count). The Balaban J connectivity index is 2.09. The Labute approximate surface area is 138 Å². The third-order valence-corrected chi connectivity index (χ3v) is 4.15. The van der Waals surface area contributed by atoms with Crippen LogP contribution in [0.2, 0.25) is 5.02 Å². The molecule has 0 unspecified atom stereocenters. The van der Waals surface area contributed by atoms with Crippen molar-refractivity contribution in [3.8, 4) is 0 Å². The molecule has 2 aromatic rings. The van der Waals surface area contributed by atoms with E-state index in [0.717, 1.165) is 5.56 Å². The highest BCUT2D eigenvalue weighted by Crippen LogP contribution is 2.35. The molecule has 5 nitrogen and oxygen atoms in total. The maximum Gasteiger partial charge on any atom is 0.284 e. The highest BCUT2D eigenvalue weighted by molar-refractivity contribution is 9.10. The number of anilines is 1. The number of nitro benzene ring substituents is 1. The smallest absolute Gasteiger partial charge is 0.284 e. The van der Waals surface area contributed by atoms with Gasteiger partial charge in [0.2, 0.25) is 0 Å². The fourth-order valence-corrected chi connectivity index (χ4v) is 2.80. The van der Waals surface area contributed by atoms with Gasteiger partial charge in [-0.3, -0.25) is 14.9 Å². The van der Waals surface area contributed by atoms with Crippen molar-refractivity contribution in [2.24, 2.45) is 0 Å². The number of nitrogens with zero attached hydrogens (tertiary/aromatic N) is 1. The van der Waals surface area contributed by atoms with Gasteiger partial charge in [-0.2, -0.15) is 0 Å². The van der Waals surface area contributed by atoms with E-state index in [1.807, 2.05) is 0 Å². The molecule has 22 heavy (non-hydrogen) atoms. The van der Waals surface area contributed by atoms with E-state index < -0.39 is 4.92 Å². The summed E-state index contributed by atoms with van der Waals surface area (Å²) in [5, 5.41) is 14.2. The van der Waals surface area contributed by atoms with Crippen LogP contribution in [0.3, 0.4) is 0 Å². The van der Waals surface area contributed by atoms with Crippen molar-refractivity contribution in [2.75, 3.05) is 5.32 Å². The first-order valence-corrected chi connectivity index (χ1v) is 7.40. The Kier molecular flexibility index (Phi) is 3.72. The van der Waals surface area contributed by atoms with Gasteiger partial charge in [-0.1, -0.05) is 23.7 Å². The number of carbonyl (C=O) groups is 1. The lowest BCUT2D eigenvalue weighted by Crippen LogP contribution is -2.03. The van der Waals surface area contributed by atoms with Crippen molar-refractivity contribution in [1.29, 1.82) is 0 Å². The van der Waals surface area contributed by atoms with E-state index in [4.69, 9.17) is 11.6 Å². The fourth-order valence-electron chi connectivity index (χ4n) is 2.24. The number of carbonyl (C=O) groups excluding carboxylic acids is 1. The van der Waals surface area contributed by atoms with Gasteiger partial charge in [-0.25, -0.2) is 0 Å². The molecule has 0 radical (unpaired) electrons. The molecule has 110 valence electrons. The summed E-state index contributed by atoms with van der Waals surface area (Å²) in [7, 11) is 0. The number of nitrogens with one attached hydrogen (secondary N) is 1. The molecule has 1 amide bonds. The van der Waals surface area contributed by atoms with Crippen LogP contribution < -0.4 is 5.32 Å². The second-order valence-corrected chi connectivity index (χ2v) is 5.96. The minimum atomic E-state index is -0.478. The third kappa shape index (κ3) is 2.63. The first-order chi connectivity index (χ1) is 10.5. The van der Waals surface area contributed by atoms with Crippen LogP contribution in [0.4, 0.5) is 11.4 Å². The second kappa shape index (κ2) is 5.55. The highest BCUT2D eigenvalue weighted by Gasteiger charge is 2.24. The molecule has 0 bridgehead atoms. The summed E-state index contributed by atoms with van der Waals surface area (Å²) in [6.07, 6.45) is 1.62. The van der Waals surface area contributed by atoms with Crippen molar-refractivity contribution >= 4 is 56.5 Å². The van der Waals surface area contributed by atoms with Gasteiger partial charge in [0, 0.05) is 22.2 Å². The summed E-state index contributed by atoms with van der Waals surface area (Å²) in [6, 6.07) is 9.80. The number of benzene rings is 2. The quantitative estimate of drug-likeness (QED) is 0.474. The lowest BCUT2D eigenvalue weighted by atomic mass is 10.0. The molecule has 2 aromatic carbocycles. The molecule has 0 aromatic heterocycles. The van der Waals surface area contributed by atoms with Crippen LogP contribution in [0.5, 0.6) is 0 Å². The molecule has 0 fully saturated rings. The molecule has 1 N–H and O–H groups in total. The molecule has 0 aliphatic carbocycles. The maximum absolute atomic E-state index is 12.1. The summed E-state index contributed by atoms with van der Waals surface area (Å²) in [5.41, 5.74) is 2.32. The van der Waals surface area contributed by atoms with Crippen LogP contribution in [0, 0.1) is 10.1 Å². The number of rotatable bonds is 2. The third-order valence-electron chi connectivity index (χ3n) is 3.24. The Morgan fingerprint density at radius 2 is 2.00 bits per heavy atom. The largest absolute Gasteiger partial charge is 0.321 e. The minimum Gasteiger partial charge on any atom is -0.321 e. The summed E-state index contributed by atoms with van der Waals surface area (Å²) in [5.74, 6) is -0.261. The summed E-state index contributed by atoms with van der Waals surface area (Å²) >= 11 is 9.03. The van der Waals surface area contributed by atoms with E-state index in [0.29, 0.717) is 26.3 Å². The Morgan fingerprint density at radius 3 is 2.73 bits per heavy atom. The Bertz CT molecular complexity index is 849. The van der Waals surface area contributed by atoms with Crippen LogP contribution in [0.25, 0.3) is 11.6 Å². The predicted octanol–water partition coefficient (Wildman–Crippen LogP) is 4.50. The van der Waals surface area contributed by atoms with E-state index in [1.54, 1.807) is 36.4 Å². The normalized spacial score (nSPS) is 14.8.